The molecule has 2 aliphatic rings. The summed E-state index contributed by atoms with van der Waals surface area (Å²) >= 11 is 7.86. The van der Waals surface area contributed by atoms with E-state index in [4.69, 9.17) is 27.3 Å². The van der Waals surface area contributed by atoms with E-state index in [1.807, 2.05) is 55.9 Å². The molecule has 4 aromatic heterocycles. The molecule has 2 atom stereocenters. The van der Waals surface area contributed by atoms with E-state index in [2.05, 4.69) is 25.7 Å². The molecule has 0 saturated carbocycles. The predicted octanol–water partition coefficient (Wildman–Crippen LogP) is 4.84. The highest BCUT2D eigenvalue weighted by Crippen LogP contribution is 2.52. The van der Waals surface area contributed by atoms with E-state index in [1.165, 1.54) is 17.3 Å². The minimum atomic E-state index is -1.18. The standard InChI is InChI=1S/C27H31ClN8OS2/c1-26(2,3)39(37)34-22-17-5-4-9-30-18(17)15-27(22)7-12-35(13-8-27)25-33-16-20(24-32-11-14-36(24)25)38-19-6-10-31-23(29)21(19)28/h4-6,9-11,14,16,22,34H,7-8,12-13,15H2,1-3H3,(H2,29,31)/t22-,39+/m0/s1. The van der Waals surface area contributed by atoms with Gasteiger partial charge in [0, 0.05) is 54.7 Å². The Hall–Kier alpha value is -2.73. The van der Waals surface area contributed by atoms with E-state index < -0.39 is 11.0 Å². The Balaban J connectivity index is 1.25. The van der Waals surface area contributed by atoms with Gasteiger partial charge in [-0.1, -0.05) is 29.4 Å². The van der Waals surface area contributed by atoms with E-state index in [9.17, 15) is 4.21 Å². The molecule has 1 fully saturated rings. The predicted molar refractivity (Wildman–Crippen MR) is 156 cm³/mol. The number of fused-ring (bicyclic) bond motifs is 2. The molecule has 204 valence electrons. The van der Waals surface area contributed by atoms with Gasteiger partial charge in [-0.25, -0.2) is 23.9 Å². The number of nitrogens with zero attached hydrogens (tertiary/aromatic N) is 6. The maximum Gasteiger partial charge on any atom is 0.211 e. The molecule has 1 spiro atoms. The lowest BCUT2D eigenvalue weighted by Gasteiger charge is -2.44. The lowest BCUT2D eigenvalue weighted by atomic mass is 9.73. The van der Waals surface area contributed by atoms with Gasteiger partial charge in [0.25, 0.3) is 0 Å². The van der Waals surface area contributed by atoms with Crippen molar-refractivity contribution in [3.63, 3.8) is 0 Å². The van der Waals surface area contributed by atoms with Crippen molar-refractivity contribution in [3.8, 4) is 0 Å². The molecule has 3 N–H and O–H groups in total. The summed E-state index contributed by atoms with van der Waals surface area (Å²) in [4.78, 5) is 22.2. The Morgan fingerprint density at radius 3 is 2.67 bits per heavy atom. The van der Waals surface area contributed by atoms with Crippen LogP contribution in [0.15, 0.2) is 59.0 Å². The molecule has 5 heterocycles. The average molecular weight is 583 g/mol. The molecule has 9 nitrogen and oxygen atoms in total. The zero-order valence-electron chi connectivity index (χ0n) is 22.1. The number of aromatic nitrogens is 5. The summed E-state index contributed by atoms with van der Waals surface area (Å²) in [5.74, 6) is 1.16. The van der Waals surface area contributed by atoms with E-state index in [0.717, 1.165) is 59.4 Å². The summed E-state index contributed by atoms with van der Waals surface area (Å²) in [6, 6.07) is 5.96. The van der Waals surface area contributed by atoms with Gasteiger partial charge in [-0.2, -0.15) is 0 Å². The maximum absolute atomic E-state index is 13.2. The smallest absolute Gasteiger partial charge is 0.211 e. The van der Waals surface area contributed by atoms with Crippen LogP contribution in [0.3, 0.4) is 0 Å². The van der Waals surface area contributed by atoms with Gasteiger partial charge < -0.3 is 10.6 Å². The molecule has 0 radical (unpaired) electrons. The number of imidazole rings is 1. The summed E-state index contributed by atoms with van der Waals surface area (Å²) < 4.78 is 18.4. The Kier molecular flexibility index (Phi) is 6.81. The zero-order valence-corrected chi connectivity index (χ0v) is 24.5. The summed E-state index contributed by atoms with van der Waals surface area (Å²) in [5, 5.41) is 0.431. The van der Waals surface area contributed by atoms with Crippen molar-refractivity contribution in [2.24, 2.45) is 5.41 Å². The van der Waals surface area contributed by atoms with Gasteiger partial charge in [0.05, 0.1) is 31.7 Å². The number of hydrogen-bond acceptors (Lipinski definition) is 8. The van der Waals surface area contributed by atoms with Gasteiger partial charge in [0.2, 0.25) is 5.95 Å². The third kappa shape index (κ3) is 4.79. The number of hydrogen-bond donors (Lipinski definition) is 2. The molecule has 12 heteroatoms. The van der Waals surface area contributed by atoms with Crippen LogP contribution in [-0.4, -0.2) is 46.4 Å². The summed E-state index contributed by atoms with van der Waals surface area (Å²) in [5.41, 5.74) is 8.96. The second-order valence-corrected chi connectivity index (χ2v) is 14.6. The highest BCUT2D eigenvalue weighted by molar-refractivity contribution is 7.99. The third-order valence-electron chi connectivity index (χ3n) is 7.67. The third-order valence-corrected chi connectivity index (χ3v) is 10.8. The molecule has 0 bridgehead atoms. The first-order valence-corrected chi connectivity index (χ1v) is 15.3. The highest BCUT2D eigenvalue weighted by Gasteiger charge is 2.49. The molecule has 0 amide bonds. The Labute approximate surface area is 239 Å². The largest absolute Gasteiger partial charge is 0.382 e. The topological polar surface area (TPSA) is 114 Å². The Bertz CT molecular complexity index is 1560. The van der Waals surface area contributed by atoms with Gasteiger partial charge >= 0.3 is 0 Å². The number of anilines is 2. The van der Waals surface area contributed by atoms with Crippen molar-refractivity contribution in [2.75, 3.05) is 23.7 Å². The summed E-state index contributed by atoms with van der Waals surface area (Å²) in [6.07, 6.45) is 11.8. The molecule has 1 saturated heterocycles. The van der Waals surface area contributed by atoms with Crippen molar-refractivity contribution >= 4 is 51.8 Å². The van der Waals surface area contributed by atoms with E-state index >= 15 is 0 Å². The van der Waals surface area contributed by atoms with Crippen LogP contribution < -0.4 is 15.4 Å². The molecular formula is C27H31ClN8OS2. The molecule has 39 heavy (non-hydrogen) atoms. The van der Waals surface area contributed by atoms with Crippen LogP contribution in [-0.2, 0) is 17.4 Å². The van der Waals surface area contributed by atoms with Crippen LogP contribution in [0.25, 0.3) is 5.65 Å². The van der Waals surface area contributed by atoms with Gasteiger partial charge in [0.15, 0.2) is 5.65 Å². The van der Waals surface area contributed by atoms with Gasteiger partial charge in [-0.15, -0.1) is 0 Å². The highest BCUT2D eigenvalue weighted by atomic mass is 35.5. The van der Waals surface area contributed by atoms with Gasteiger partial charge in [-0.3, -0.25) is 9.38 Å². The van der Waals surface area contributed by atoms with Crippen LogP contribution in [0.4, 0.5) is 11.8 Å². The fraction of sp³-hybridized carbons (Fsp3) is 0.407. The zero-order chi connectivity index (χ0) is 27.4. The number of nitrogens with two attached hydrogens (primary N) is 1. The number of pyridine rings is 2. The van der Waals surface area contributed by atoms with Crippen LogP contribution in [0.1, 0.15) is 50.9 Å². The first kappa shape index (κ1) is 26.5. The van der Waals surface area contributed by atoms with E-state index in [-0.39, 0.29) is 16.2 Å². The van der Waals surface area contributed by atoms with Crippen LogP contribution >= 0.6 is 23.4 Å². The number of nitrogen functional groups attached to an aromatic ring is 1. The SMILES string of the molecule is CC(C)(C)[S@@](=O)N[C@H]1c2cccnc2CC12CCN(c1ncc(Sc3ccnc(N)c3Cl)c3nccn13)CC2. The fourth-order valence-corrected chi connectivity index (χ4v) is 7.62. The second kappa shape index (κ2) is 10.0. The van der Waals surface area contributed by atoms with Crippen molar-refractivity contribution in [3.05, 3.63) is 65.5 Å². The van der Waals surface area contributed by atoms with Crippen LogP contribution in [0.2, 0.25) is 5.02 Å². The molecule has 1 aliphatic heterocycles. The lowest BCUT2D eigenvalue weighted by molar-refractivity contribution is 0.176. The monoisotopic (exact) mass is 582 g/mol. The molecule has 4 aromatic rings. The van der Waals surface area contributed by atoms with Gasteiger partial charge in [-0.05, 0) is 63.1 Å². The number of halogens is 1. The van der Waals surface area contributed by atoms with E-state index in [1.54, 1.807) is 12.4 Å². The van der Waals surface area contributed by atoms with Crippen LogP contribution in [0.5, 0.6) is 0 Å². The minimum Gasteiger partial charge on any atom is -0.382 e. The fourth-order valence-electron chi connectivity index (χ4n) is 5.54. The second-order valence-electron chi connectivity index (χ2n) is 11.2. The summed E-state index contributed by atoms with van der Waals surface area (Å²) in [7, 11) is -1.18. The number of piperidine rings is 1. The molecular weight excluding hydrogens is 552 g/mol. The van der Waals surface area contributed by atoms with Crippen molar-refractivity contribution in [1.82, 2.24) is 29.1 Å². The van der Waals surface area contributed by atoms with Crippen LogP contribution in [0, 0.1) is 5.41 Å². The minimum absolute atomic E-state index is 0.000884. The van der Waals surface area contributed by atoms with E-state index in [0.29, 0.717) is 10.8 Å². The lowest BCUT2D eigenvalue weighted by Crippen LogP contribution is -2.48. The molecule has 0 unspecified atom stereocenters. The maximum atomic E-state index is 13.2. The van der Waals surface area contributed by atoms with Crippen molar-refractivity contribution < 1.29 is 4.21 Å². The summed E-state index contributed by atoms with van der Waals surface area (Å²) in [6.45, 7) is 7.67. The number of nitrogens with one attached hydrogen (secondary N) is 1. The average Bonchev–Trinajstić information content (AvgIpc) is 3.51. The first-order valence-electron chi connectivity index (χ1n) is 12.9. The van der Waals surface area contributed by atoms with Crippen molar-refractivity contribution in [1.29, 1.82) is 0 Å². The first-order chi connectivity index (χ1) is 18.7. The molecule has 6 rings (SSSR count). The molecule has 1 aliphatic carbocycles. The Morgan fingerprint density at radius 2 is 1.90 bits per heavy atom. The Morgan fingerprint density at radius 1 is 1.10 bits per heavy atom. The quantitative estimate of drug-likeness (QED) is 0.343. The normalized spacial score (nSPS) is 19.5. The van der Waals surface area contributed by atoms with Gasteiger partial charge in [0.1, 0.15) is 5.82 Å². The van der Waals surface area contributed by atoms with Crippen molar-refractivity contribution in [2.45, 2.75) is 60.6 Å². The number of rotatable bonds is 5. The molecule has 0 aromatic carbocycles.